The van der Waals surface area contributed by atoms with Gasteiger partial charge in [0.2, 0.25) is 5.91 Å². The Labute approximate surface area is 217 Å². The number of imide groups is 1. The molecule has 1 saturated heterocycles. The molecule has 0 saturated carbocycles. The maximum Gasteiger partial charge on any atom is 0.339 e. The molecule has 3 amide bonds. The summed E-state index contributed by atoms with van der Waals surface area (Å²) in [6.45, 7) is 1.51. The third-order valence-corrected chi connectivity index (χ3v) is 7.42. The number of hydrogen-bond donors (Lipinski definition) is 1. The largest absolute Gasteiger partial charge is 0.377 e. The van der Waals surface area contributed by atoms with Gasteiger partial charge in [0.15, 0.2) is 5.75 Å². The Hall–Kier alpha value is -3.60. The van der Waals surface area contributed by atoms with E-state index in [1.54, 1.807) is 0 Å². The summed E-state index contributed by atoms with van der Waals surface area (Å²) in [7, 11) is -4.19. The maximum absolute atomic E-state index is 12.8. The first-order chi connectivity index (χ1) is 17.1. The van der Waals surface area contributed by atoms with Crippen LogP contribution in [0.25, 0.3) is 6.08 Å². The summed E-state index contributed by atoms with van der Waals surface area (Å²) in [6.07, 6.45) is 1.51. The fraction of sp³-hybridized carbons (Fsp3) is 0.0800. The van der Waals surface area contributed by atoms with Crippen LogP contribution in [0.15, 0.2) is 82.6 Å². The zero-order valence-corrected chi connectivity index (χ0v) is 21.2. The van der Waals surface area contributed by atoms with Crippen molar-refractivity contribution in [3.05, 3.63) is 93.9 Å². The molecule has 1 aliphatic heterocycles. The Morgan fingerprint density at radius 3 is 2.39 bits per heavy atom. The highest BCUT2D eigenvalue weighted by molar-refractivity contribution is 8.18. The van der Waals surface area contributed by atoms with E-state index in [0.29, 0.717) is 11.3 Å². The van der Waals surface area contributed by atoms with Crippen LogP contribution in [0.5, 0.6) is 5.75 Å². The summed E-state index contributed by atoms with van der Waals surface area (Å²) in [4.78, 5) is 37.5. The van der Waals surface area contributed by atoms with Crippen LogP contribution in [0, 0.1) is 0 Å². The van der Waals surface area contributed by atoms with E-state index in [1.165, 1.54) is 55.5 Å². The Kier molecular flexibility index (Phi) is 7.48. The molecule has 184 valence electrons. The number of halogens is 1. The molecule has 4 rings (SSSR count). The fourth-order valence-electron chi connectivity index (χ4n) is 3.30. The minimum absolute atomic E-state index is 0.00528. The second kappa shape index (κ2) is 10.6. The number of carbonyl (C=O) groups is 3. The lowest BCUT2D eigenvalue weighted by Gasteiger charge is -2.12. The molecule has 3 aromatic rings. The molecule has 0 unspecified atom stereocenters. The van der Waals surface area contributed by atoms with Crippen molar-refractivity contribution in [3.8, 4) is 5.75 Å². The molecule has 8 nitrogen and oxygen atoms in total. The van der Waals surface area contributed by atoms with E-state index in [2.05, 4.69) is 5.32 Å². The van der Waals surface area contributed by atoms with Crippen molar-refractivity contribution in [3.63, 3.8) is 0 Å². The monoisotopic (exact) mass is 542 g/mol. The number of hydrogen-bond acceptors (Lipinski definition) is 7. The van der Waals surface area contributed by atoms with E-state index in [9.17, 15) is 22.8 Å². The average Bonchev–Trinajstić information content (AvgIpc) is 3.09. The summed E-state index contributed by atoms with van der Waals surface area (Å²) in [6, 6.07) is 19.0. The summed E-state index contributed by atoms with van der Waals surface area (Å²) in [5, 5.41) is 2.17. The van der Waals surface area contributed by atoms with Crippen LogP contribution >= 0.6 is 23.4 Å². The van der Waals surface area contributed by atoms with Crippen LogP contribution in [-0.4, -0.2) is 30.4 Å². The van der Waals surface area contributed by atoms with E-state index in [1.807, 2.05) is 30.3 Å². The lowest BCUT2D eigenvalue weighted by atomic mass is 10.2. The smallest absolute Gasteiger partial charge is 0.339 e. The molecule has 1 N–H and O–H groups in total. The van der Waals surface area contributed by atoms with Gasteiger partial charge in [0, 0.05) is 12.6 Å². The van der Waals surface area contributed by atoms with E-state index in [0.717, 1.165) is 22.2 Å². The number of rotatable bonds is 7. The van der Waals surface area contributed by atoms with Crippen LogP contribution in [0.4, 0.5) is 10.5 Å². The normalized spacial score (nSPS) is 14.8. The Morgan fingerprint density at radius 2 is 1.75 bits per heavy atom. The lowest BCUT2D eigenvalue weighted by molar-refractivity contribution is -0.123. The summed E-state index contributed by atoms with van der Waals surface area (Å²) < 4.78 is 30.5. The lowest BCUT2D eigenvalue weighted by Crippen LogP contribution is -2.27. The number of nitrogens with zero attached hydrogens (tertiary/aromatic N) is 1. The molecule has 1 aliphatic rings. The van der Waals surface area contributed by atoms with Crippen molar-refractivity contribution in [1.29, 1.82) is 0 Å². The standard InChI is InChI=1S/C25H19ClN2O6S2/c1-16(29)27-19-8-10-20(11-9-19)36(32,33)34-22-12-7-18(13-21(22)26)14-23-24(30)28(25(31)35-23)15-17-5-3-2-4-6-17/h2-14H,15H2,1H3,(H,27,29)/b23-14-. The Morgan fingerprint density at radius 1 is 1.06 bits per heavy atom. The van der Waals surface area contributed by atoms with Crippen molar-refractivity contribution >= 4 is 62.3 Å². The first-order valence-corrected chi connectivity index (χ1v) is 13.1. The first-order valence-electron chi connectivity index (χ1n) is 10.5. The molecule has 1 fully saturated rings. The van der Waals surface area contributed by atoms with Gasteiger partial charge in [-0.2, -0.15) is 8.42 Å². The number of amides is 3. The first kappa shape index (κ1) is 25.5. The van der Waals surface area contributed by atoms with Gasteiger partial charge in [0.05, 0.1) is 16.5 Å². The highest BCUT2D eigenvalue weighted by Crippen LogP contribution is 2.35. The molecule has 0 bridgehead atoms. The minimum atomic E-state index is -4.19. The summed E-state index contributed by atoms with van der Waals surface area (Å²) in [5.74, 6) is -0.804. The fourth-order valence-corrected chi connectivity index (χ4v) is 5.36. The Balaban J connectivity index is 1.48. The van der Waals surface area contributed by atoms with Crippen LogP contribution in [-0.2, 0) is 26.3 Å². The van der Waals surface area contributed by atoms with Gasteiger partial charge in [-0.15, -0.1) is 0 Å². The third kappa shape index (κ3) is 5.96. The summed E-state index contributed by atoms with van der Waals surface area (Å²) in [5.41, 5.74) is 1.77. The van der Waals surface area contributed by atoms with E-state index in [4.69, 9.17) is 15.8 Å². The molecule has 0 radical (unpaired) electrons. The highest BCUT2D eigenvalue weighted by Gasteiger charge is 2.35. The maximum atomic E-state index is 12.8. The van der Waals surface area contributed by atoms with Gasteiger partial charge in [-0.3, -0.25) is 19.3 Å². The number of benzene rings is 3. The zero-order valence-electron chi connectivity index (χ0n) is 18.8. The SMILES string of the molecule is CC(=O)Nc1ccc(S(=O)(=O)Oc2ccc(/C=C3\SC(=O)N(Cc4ccccc4)C3=O)cc2Cl)cc1. The quantitative estimate of drug-likeness (QED) is 0.318. The molecule has 1 heterocycles. The number of thioether (sulfide) groups is 1. The average molecular weight is 543 g/mol. The van der Waals surface area contributed by atoms with E-state index in [-0.39, 0.29) is 38.3 Å². The molecule has 0 aromatic heterocycles. The molecule has 0 atom stereocenters. The van der Waals surface area contributed by atoms with Crippen molar-refractivity contribution in [2.45, 2.75) is 18.4 Å². The molecule has 0 spiro atoms. The van der Waals surface area contributed by atoms with E-state index >= 15 is 0 Å². The van der Waals surface area contributed by atoms with Crippen molar-refractivity contribution in [2.75, 3.05) is 5.32 Å². The predicted octanol–water partition coefficient (Wildman–Crippen LogP) is 5.30. The molecule has 3 aromatic carbocycles. The van der Waals surface area contributed by atoms with Crippen LogP contribution in [0.2, 0.25) is 5.02 Å². The highest BCUT2D eigenvalue weighted by atomic mass is 35.5. The van der Waals surface area contributed by atoms with Crippen LogP contribution in [0.1, 0.15) is 18.1 Å². The molecular formula is C25H19ClN2O6S2. The molecular weight excluding hydrogens is 524 g/mol. The summed E-state index contributed by atoms with van der Waals surface area (Å²) >= 11 is 7.08. The van der Waals surface area contributed by atoms with Crippen LogP contribution < -0.4 is 9.50 Å². The van der Waals surface area contributed by atoms with Gasteiger partial charge in [0.25, 0.3) is 11.1 Å². The predicted molar refractivity (Wildman–Crippen MR) is 138 cm³/mol. The topological polar surface area (TPSA) is 110 Å². The third-order valence-electron chi connectivity index (χ3n) is 4.97. The number of carbonyl (C=O) groups excluding carboxylic acids is 3. The molecule has 11 heteroatoms. The van der Waals surface area contributed by atoms with Crippen molar-refractivity contribution in [2.24, 2.45) is 0 Å². The minimum Gasteiger partial charge on any atom is -0.377 e. The zero-order chi connectivity index (χ0) is 25.9. The number of anilines is 1. The molecule has 0 aliphatic carbocycles. The van der Waals surface area contributed by atoms with Crippen molar-refractivity contribution < 1.29 is 27.0 Å². The van der Waals surface area contributed by atoms with E-state index < -0.39 is 16.0 Å². The van der Waals surface area contributed by atoms with Crippen molar-refractivity contribution in [1.82, 2.24) is 4.90 Å². The van der Waals surface area contributed by atoms with Gasteiger partial charge >= 0.3 is 10.1 Å². The van der Waals surface area contributed by atoms with Gasteiger partial charge in [0.1, 0.15) is 4.90 Å². The van der Waals surface area contributed by atoms with Gasteiger partial charge in [-0.05, 0) is 65.4 Å². The second-order valence-electron chi connectivity index (χ2n) is 7.69. The van der Waals surface area contributed by atoms with Gasteiger partial charge in [-0.1, -0.05) is 48.0 Å². The number of nitrogens with one attached hydrogen (secondary N) is 1. The van der Waals surface area contributed by atoms with Crippen LogP contribution in [0.3, 0.4) is 0 Å². The molecule has 36 heavy (non-hydrogen) atoms. The van der Waals surface area contributed by atoms with Gasteiger partial charge in [-0.25, -0.2) is 0 Å². The second-order valence-corrected chi connectivity index (χ2v) is 10.6. The Bertz CT molecular complexity index is 1470. The van der Waals surface area contributed by atoms with Gasteiger partial charge < -0.3 is 9.50 Å².